The van der Waals surface area contributed by atoms with Gasteiger partial charge in [-0.1, -0.05) is 25.3 Å². The van der Waals surface area contributed by atoms with E-state index in [-0.39, 0.29) is 36.8 Å². The Bertz CT molecular complexity index is 844. The van der Waals surface area contributed by atoms with Crippen molar-refractivity contribution in [3.8, 4) is 5.75 Å². The number of anilines is 1. The Balaban J connectivity index is 1.75. The fraction of sp³-hybridized carbons (Fsp3) is 0.625. The van der Waals surface area contributed by atoms with Gasteiger partial charge in [0, 0.05) is 37.9 Å². The van der Waals surface area contributed by atoms with Crippen LogP contribution in [-0.2, 0) is 19.1 Å². The van der Waals surface area contributed by atoms with E-state index in [1.54, 1.807) is 12.1 Å². The van der Waals surface area contributed by atoms with Crippen LogP contribution in [0.1, 0.15) is 44.9 Å². The fourth-order valence-corrected chi connectivity index (χ4v) is 4.76. The first kappa shape index (κ1) is 25.8. The maximum Gasteiger partial charge on any atom is 0.328 e. The van der Waals surface area contributed by atoms with Crippen molar-refractivity contribution in [2.45, 2.75) is 63.1 Å². The molecule has 188 valence electrons. The van der Waals surface area contributed by atoms with Gasteiger partial charge in [0.05, 0.1) is 13.2 Å². The number of aliphatic hydroxyl groups is 1. The van der Waals surface area contributed by atoms with E-state index in [0.717, 1.165) is 32.1 Å². The van der Waals surface area contributed by atoms with Crippen LogP contribution in [0.3, 0.4) is 0 Å². The number of aromatic hydroxyl groups is 1. The van der Waals surface area contributed by atoms with Crippen molar-refractivity contribution in [3.05, 3.63) is 24.3 Å². The molecule has 3 rings (SSSR count). The molecule has 0 bridgehead atoms. The average molecular weight is 478 g/mol. The number of urea groups is 1. The average Bonchev–Trinajstić information content (AvgIpc) is 3.26. The van der Waals surface area contributed by atoms with E-state index in [2.05, 4.69) is 10.6 Å². The summed E-state index contributed by atoms with van der Waals surface area (Å²) in [5.74, 6) is -0.887. The van der Waals surface area contributed by atoms with Gasteiger partial charge < -0.3 is 35.2 Å². The molecule has 10 nitrogen and oxygen atoms in total. The van der Waals surface area contributed by atoms with Crippen LogP contribution in [0.25, 0.3) is 0 Å². The van der Waals surface area contributed by atoms with Crippen molar-refractivity contribution < 1.29 is 34.1 Å². The maximum absolute atomic E-state index is 13.7. The molecule has 4 N–H and O–H groups in total. The number of likely N-dealkylation sites (tertiary alicyclic amines) is 1. The van der Waals surface area contributed by atoms with Crippen molar-refractivity contribution >= 4 is 23.6 Å². The van der Waals surface area contributed by atoms with Gasteiger partial charge in [-0.2, -0.15) is 0 Å². The normalized spacial score (nSPS) is 21.6. The maximum atomic E-state index is 13.7. The summed E-state index contributed by atoms with van der Waals surface area (Å²) in [7, 11) is 1.28. The minimum absolute atomic E-state index is 0.00221. The number of amides is 3. The Hall–Kier alpha value is -2.85. The second-order valence-electron chi connectivity index (χ2n) is 8.86. The molecule has 10 heteroatoms. The second kappa shape index (κ2) is 12.6. The van der Waals surface area contributed by atoms with Crippen LogP contribution in [0, 0.1) is 5.92 Å². The molecule has 1 aliphatic carbocycles. The third kappa shape index (κ3) is 6.83. The third-order valence-electron chi connectivity index (χ3n) is 6.45. The molecule has 1 heterocycles. The predicted molar refractivity (Wildman–Crippen MR) is 124 cm³/mol. The number of esters is 1. The van der Waals surface area contributed by atoms with Crippen molar-refractivity contribution in [3.63, 3.8) is 0 Å². The number of methoxy groups -OCH3 is 1. The lowest BCUT2D eigenvalue weighted by atomic mass is 9.83. The highest BCUT2D eigenvalue weighted by atomic mass is 16.5. The Labute approximate surface area is 199 Å². The van der Waals surface area contributed by atoms with Crippen molar-refractivity contribution in [2.24, 2.45) is 5.92 Å². The first-order valence-electron chi connectivity index (χ1n) is 11.9. The first-order valence-corrected chi connectivity index (χ1v) is 11.9. The lowest BCUT2D eigenvalue weighted by Gasteiger charge is -2.34. The zero-order valence-electron chi connectivity index (χ0n) is 19.6. The number of benzene rings is 1. The van der Waals surface area contributed by atoms with Crippen LogP contribution in [0.2, 0.25) is 0 Å². The number of rotatable bonds is 9. The predicted octanol–water partition coefficient (Wildman–Crippen LogP) is 2.00. The Morgan fingerprint density at radius 1 is 1.21 bits per heavy atom. The highest BCUT2D eigenvalue weighted by molar-refractivity contribution is 5.95. The number of carbonyl (C=O) groups is 3. The van der Waals surface area contributed by atoms with Crippen LogP contribution in [0.4, 0.5) is 10.5 Å². The molecule has 1 aliphatic heterocycles. The number of phenolic OH excluding ortho intramolecular Hbond substituents is 1. The van der Waals surface area contributed by atoms with Crippen molar-refractivity contribution in [1.29, 1.82) is 0 Å². The van der Waals surface area contributed by atoms with Gasteiger partial charge in [-0.3, -0.25) is 4.79 Å². The Morgan fingerprint density at radius 3 is 2.65 bits per heavy atom. The number of hydrogen-bond donors (Lipinski definition) is 4. The van der Waals surface area contributed by atoms with Gasteiger partial charge in [-0.05, 0) is 37.3 Å². The van der Waals surface area contributed by atoms with Gasteiger partial charge in [0.25, 0.3) is 0 Å². The number of ether oxygens (including phenoxy) is 2. The Kier molecular flexibility index (Phi) is 9.52. The van der Waals surface area contributed by atoms with Gasteiger partial charge in [-0.15, -0.1) is 0 Å². The number of nitrogens with zero attached hydrogens (tertiary/aromatic N) is 1. The van der Waals surface area contributed by atoms with Crippen LogP contribution >= 0.6 is 0 Å². The van der Waals surface area contributed by atoms with Crippen LogP contribution in [0.5, 0.6) is 5.75 Å². The van der Waals surface area contributed by atoms with E-state index < -0.39 is 24.1 Å². The summed E-state index contributed by atoms with van der Waals surface area (Å²) in [5.41, 5.74) is 0.401. The fourth-order valence-electron chi connectivity index (χ4n) is 4.76. The molecule has 0 spiro atoms. The summed E-state index contributed by atoms with van der Waals surface area (Å²) in [6, 6.07) is 4.00. The summed E-state index contributed by atoms with van der Waals surface area (Å²) in [6.07, 6.45) is 5.04. The summed E-state index contributed by atoms with van der Waals surface area (Å²) in [6.45, 7) is 0.536. The molecule has 3 atom stereocenters. The molecule has 1 saturated heterocycles. The van der Waals surface area contributed by atoms with E-state index in [4.69, 9.17) is 14.6 Å². The van der Waals surface area contributed by atoms with Gasteiger partial charge in [-0.25, -0.2) is 9.59 Å². The third-order valence-corrected chi connectivity index (χ3v) is 6.45. The van der Waals surface area contributed by atoms with Crippen LogP contribution in [-0.4, -0.2) is 78.1 Å². The van der Waals surface area contributed by atoms with Gasteiger partial charge in [0.2, 0.25) is 5.91 Å². The zero-order chi connectivity index (χ0) is 24.5. The van der Waals surface area contributed by atoms with E-state index in [1.165, 1.54) is 24.1 Å². The number of hydrogen-bond acceptors (Lipinski definition) is 7. The topological polar surface area (TPSA) is 137 Å². The van der Waals surface area contributed by atoms with E-state index in [0.29, 0.717) is 25.1 Å². The number of carbonyl (C=O) groups excluding carboxylic acids is 3. The highest BCUT2D eigenvalue weighted by Crippen LogP contribution is 2.30. The molecular weight excluding hydrogens is 442 g/mol. The highest BCUT2D eigenvalue weighted by Gasteiger charge is 2.44. The number of nitrogens with one attached hydrogen (secondary N) is 2. The largest absolute Gasteiger partial charge is 0.508 e. The molecule has 2 aliphatic rings. The molecule has 3 amide bonds. The SMILES string of the molecule is COC(=O)[C@@H]1C[C@@H](OCCCO)CN1C(=O)[C@@H](NC(=O)Nc1cccc(O)c1)C1CCCCC1. The summed E-state index contributed by atoms with van der Waals surface area (Å²) in [5, 5.41) is 24.1. The first-order chi connectivity index (χ1) is 16.4. The summed E-state index contributed by atoms with van der Waals surface area (Å²) >= 11 is 0. The van der Waals surface area contributed by atoms with Gasteiger partial charge in [0.1, 0.15) is 17.8 Å². The standard InChI is InChI=1S/C24H35N3O7/c1-33-23(31)20-14-19(34-12-6-11-28)15-27(20)22(30)21(16-7-3-2-4-8-16)26-24(32)25-17-9-5-10-18(29)13-17/h5,9-10,13,16,19-21,28-29H,2-4,6-8,11-12,14-15H2,1H3,(H2,25,26,32)/t19-,20+,21+/m1/s1. The monoisotopic (exact) mass is 477 g/mol. The van der Waals surface area contributed by atoms with Crippen molar-refractivity contribution in [1.82, 2.24) is 10.2 Å². The van der Waals surface area contributed by atoms with Gasteiger partial charge >= 0.3 is 12.0 Å². The lowest BCUT2D eigenvalue weighted by molar-refractivity contribution is -0.152. The molecule has 0 aromatic heterocycles. The van der Waals surface area contributed by atoms with E-state index >= 15 is 0 Å². The Morgan fingerprint density at radius 2 is 1.97 bits per heavy atom. The molecule has 0 radical (unpaired) electrons. The second-order valence-corrected chi connectivity index (χ2v) is 8.86. The quantitative estimate of drug-likeness (QED) is 0.315. The molecule has 34 heavy (non-hydrogen) atoms. The smallest absolute Gasteiger partial charge is 0.328 e. The summed E-state index contributed by atoms with van der Waals surface area (Å²) in [4.78, 5) is 40.5. The molecule has 1 aromatic rings. The molecule has 1 aromatic carbocycles. The van der Waals surface area contributed by atoms with E-state index in [1.807, 2.05) is 0 Å². The van der Waals surface area contributed by atoms with Gasteiger partial charge in [0.15, 0.2) is 0 Å². The molecule has 2 fully saturated rings. The lowest BCUT2D eigenvalue weighted by Crippen LogP contribution is -2.56. The number of aliphatic hydroxyl groups excluding tert-OH is 1. The minimum atomic E-state index is -0.805. The molecular formula is C24H35N3O7. The number of phenols is 1. The minimum Gasteiger partial charge on any atom is -0.508 e. The summed E-state index contributed by atoms with van der Waals surface area (Å²) < 4.78 is 10.7. The molecule has 1 saturated carbocycles. The molecule has 0 unspecified atom stereocenters. The van der Waals surface area contributed by atoms with Crippen LogP contribution in [0.15, 0.2) is 24.3 Å². The van der Waals surface area contributed by atoms with Crippen molar-refractivity contribution in [2.75, 3.05) is 32.2 Å². The van der Waals surface area contributed by atoms with Crippen LogP contribution < -0.4 is 10.6 Å². The van der Waals surface area contributed by atoms with E-state index in [9.17, 15) is 19.5 Å². The zero-order valence-corrected chi connectivity index (χ0v) is 19.6.